The minimum atomic E-state index is -0.473. The van der Waals surface area contributed by atoms with Crippen LogP contribution in [0.25, 0.3) is 0 Å². The summed E-state index contributed by atoms with van der Waals surface area (Å²) >= 11 is 1.39. The van der Waals surface area contributed by atoms with Crippen LogP contribution in [0.15, 0.2) is 53.5 Å². The van der Waals surface area contributed by atoms with Crippen molar-refractivity contribution in [2.24, 2.45) is 4.99 Å². The Morgan fingerprint density at radius 2 is 1.85 bits per heavy atom. The Kier molecular flexibility index (Phi) is 6.41. The van der Waals surface area contributed by atoms with Crippen LogP contribution in [0.4, 0.5) is 5.69 Å². The van der Waals surface area contributed by atoms with E-state index in [9.17, 15) is 14.4 Å². The lowest BCUT2D eigenvalue weighted by Gasteiger charge is -2.25. The number of hydrogen-bond donors (Lipinski definition) is 1. The topological polar surface area (TPSA) is 82.1 Å². The van der Waals surface area contributed by atoms with Crippen molar-refractivity contribution in [1.29, 1.82) is 0 Å². The molecule has 1 aliphatic carbocycles. The van der Waals surface area contributed by atoms with Gasteiger partial charge in [-0.15, -0.1) is 0 Å². The maximum atomic E-state index is 13.1. The molecule has 2 aliphatic heterocycles. The molecule has 8 heteroatoms. The third kappa shape index (κ3) is 4.59. The van der Waals surface area contributed by atoms with Gasteiger partial charge in [-0.3, -0.25) is 14.4 Å². The van der Waals surface area contributed by atoms with Crippen molar-refractivity contribution in [3.05, 3.63) is 65.2 Å². The minimum Gasteiger partial charge on any atom is -0.351 e. The van der Waals surface area contributed by atoms with Crippen molar-refractivity contribution in [3.63, 3.8) is 0 Å². The standard InChI is InChI=1S/C26H28N4O3S/c1-29(21-13-10-17-6-2-3-7-20(17)21)25(33)18-8-11-19(12-9-18)27-23(31)16-22-24(32)28-26(34-22)30-14-4-5-15-30/h2-3,6-9,11-12,21-22H,4-5,10,13-16H2,1H3,(H,27,31)/t21-,22-/m1/s1. The van der Waals surface area contributed by atoms with E-state index in [1.807, 2.05) is 19.2 Å². The smallest absolute Gasteiger partial charge is 0.262 e. The lowest BCUT2D eigenvalue weighted by Crippen LogP contribution is -2.30. The first kappa shape index (κ1) is 22.7. The Labute approximate surface area is 203 Å². The second-order valence-corrected chi connectivity index (χ2v) is 10.2. The lowest BCUT2D eigenvalue weighted by atomic mass is 10.1. The number of nitrogens with one attached hydrogen (secondary N) is 1. The zero-order chi connectivity index (χ0) is 23.7. The molecule has 0 radical (unpaired) electrons. The summed E-state index contributed by atoms with van der Waals surface area (Å²) in [7, 11) is 1.85. The molecule has 0 unspecified atom stereocenters. The summed E-state index contributed by atoms with van der Waals surface area (Å²) in [6.07, 6.45) is 4.21. The fourth-order valence-corrected chi connectivity index (χ4v) is 6.03. The molecule has 2 aromatic carbocycles. The molecule has 176 valence electrons. The van der Waals surface area contributed by atoms with Gasteiger partial charge in [-0.25, -0.2) is 0 Å². The average molecular weight is 477 g/mol. The molecule has 0 bridgehead atoms. The van der Waals surface area contributed by atoms with E-state index in [-0.39, 0.29) is 30.2 Å². The highest BCUT2D eigenvalue weighted by Crippen LogP contribution is 2.35. The number of thioether (sulfide) groups is 1. The molecule has 0 aromatic heterocycles. The maximum Gasteiger partial charge on any atom is 0.262 e. The first-order valence-electron chi connectivity index (χ1n) is 11.8. The van der Waals surface area contributed by atoms with Gasteiger partial charge < -0.3 is 15.1 Å². The second-order valence-electron chi connectivity index (χ2n) is 9.03. The predicted octanol–water partition coefficient (Wildman–Crippen LogP) is 3.87. The highest BCUT2D eigenvalue weighted by molar-refractivity contribution is 8.15. The molecular formula is C26H28N4O3S. The largest absolute Gasteiger partial charge is 0.351 e. The number of aryl methyl sites for hydroxylation is 1. The molecule has 5 rings (SSSR count). The predicted molar refractivity (Wildman–Crippen MR) is 134 cm³/mol. The van der Waals surface area contributed by atoms with Crippen LogP contribution in [0, 0.1) is 0 Å². The highest BCUT2D eigenvalue weighted by atomic mass is 32.2. The number of anilines is 1. The van der Waals surface area contributed by atoms with Crippen LogP contribution < -0.4 is 5.32 Å². The number of amidine groups is 1. The summed E-state index contributed by atoms with van der Waals surface area (Å²) in [6.45, 7) is 1.84. The SMILES string of the molecule is CN(C(=O)c1ccc(NC(=O)C[C@H]2SC(N3CCCC3)=NC2=O)cc1)[C@@H]1CCc2ccccc21. The number of likely N-dealkylation sites (tertiary alicyclic amines) is 1. The number of benzene rings is 2. The number of nitrogens with zero attached hydrogens (tertiary/aromatic N) is 3. The molecule has 3 amide bonds. The van der Waals surface area contributed by atoms with Crippen LogP contribution in [-0.4, -0.2) is 58.1 Å². The van der Waals surface area contributed by atoms with E-state index in [4.69, 9.17) is 0 Å². The molecule has 0 saturated carbocycles. The van der Waals surface area contributed by atoms with Gasteiger partial charge in [0.15, 0.2) is 5.17 Å². The van der Waals surface area contributed by atoms with Crippen LogP contribution in [0.2, 0.25) is 0 Å². The Morgan fingerprint density at radius 3 is 2.62 bits per heavy atom. The summed E-state index contributed by atoms with van der Waals surface area (Å²) in [5.74, 6) is -0.513. The molecule has 2 heterocycles. The third-order valence-electron chi connectivity index (χ3n) is 6.78. The van der Waals surface area contributed by atoms with Gasteiger partial charge in [0, 0.05) is 37.8 Å². The van der Waals surface area contributed by atoms with Gasteiger partial charge in [-0.05, 0) is 61.1 Å². The molecule has 1 saturated heterocycles. The number of fused-ring (bicyclic) bond motifs is 1. The first-order chi connectivity index (χ1) is 16.5. The van der Waals surface area contributed by atoms with E-state index in [0.29, 0.717) is 11.3 Å². The molecule has 34 heavy (non-hydrogen) atoms. The quantitative estimate of drug-likeness (QED) is 0.709. The number of rotatable bonds is 5. The van der Waals surface area contributed by atoms with E-state index in [1.54, 1.807) is 29.2 Å². The summed E-state index contributed by atoms with van der Waals surface area (Å²) in [6, 6.07) is 15.3. The van der Waals surface area contributed by atoms with E-state index in [0.717, 1.165) is 43.9 Å². The summed E-state index contributed by atoms with van der Waals surface area (Å²) < 4.78 is 0. The van der Waals surface area contributed by atoms with E-state index in [2.05, 4.69) is 27.3 Å². The van der Waals surface area contributed by atoms with Gasteiger partial charge in [0.25, 0.3) is 11.8 Å². The van der Waals surface area contributed by atoms with Gasteiger partial charge >= 0.3 is 0 Å². The first-order valence-corrected chi connectivity index (χ1v) is 12.7. The molecular weight excluding hydrogens is 448 g/mol. The molecule has 2 atom stereocenters. The molecule has 1 N–H and O–H groups in total. The van der Waals surface area contributed by atoms with E-state index < -0.39 is 5.25 Å². The zero-order valence-electron chi connectivity index (χ0n) is 19.2. The summed E-state index contributed by atoms with van der Waals surface area (Å²) in [5, 5.41) is 3.12. The van der Waals surface area contributed by atoms with Crippen molar-refractivity contribution < 1.29 is 14.4 Å². The highest BCUT2D eigenvalue weighted by Gasteiger charge is 2.34. The zero-order valence-corrected chi connectivity index (χ0v) is 20.0. The Morgan fingerprint density at radius 1 is 1.12 bits per heavy atom. The van der Waals surface area contributed by atoms with Gasteiger partial charge in [-0.2, -0.15) is 4.99 Å². The Hall–Kier alpha value is -3.13. The number of hydrogen-bond acceptors (Lipinski definition) is 5. The van der Waals surface area contributed by atoms with E-state index >= 15 is 0 Å². The van der Waals surface area contributed by atoms with Crippen molar-refractivity contribution in [2.45, 2.75) is 43.4 Å². The van der Waals surface area contributed by atoms with Gasteiger partial charge in [0.2, 0.25) is 5.91 Å². The van der Waals surface area contributed by atoms with Gasteiger partial charge in [-0.1, -0.05) is 36.0 Å². The van der Waals surface area contributed by atoms with Crippen molar-refractivity contribution in [3.8, 4) is 0 Å². The molecule has 0 spiro atoms. The van der Waals surface area contributed by atoms with Crippen molar-refractivity contribution in [2.75, 3.05) is 25.5 Å². The van der Waals surface area contributed by atoms with Crippen LogP contribution in [0.5, 0.6) is 0 Å². The number of aliphatic imine (C=N–C) groups is 1. The van der Waals surface area contributed by atoms with Crippen LogP contribution in [-0.2, 0) is 16.0 Å². The summed E-state index contributed by atoms with van der Waals surface area (Å²) in [5.41, 5.74) is 3.71. The third-order valence-corrected chi connectivity index (χ3v) is 7.99. The maximum absolute atomic E-state index is 13.1. The van der Waals surface area contributed by atoms with Crippen LogP contribution in [0.3, 0.4) is 0 Å². The number of amides is 3. The lowest BCUT2D eigenvalue weighted by molar-refractivity contribution is -0.121. The Bertz CT molecular complexity index is 1140. The van der Waals surface area contributed by atoms with Crippen molar-refractivity contribution >= 4 is 40.3 Å². The van der Waals surface area contributed by atoms with E-state index in [1.165, 1.54) is 22.9 Å². The Balaban J connectivity index is 1.16. The number of carbonyl (C=O) groups excluding carboxylic acids is 3. The van der Waals surface area contributed by atoms with Crippen LogP contribution >= 0.6 is 11.8 Å². The fourth-order valence-electron chi connectivity index (χ4n) is 4.91. The van der Waals surface area contributed by atoms with Gasteiger partial charge in [0.1, 0.15) is 5.25 Å². The second kappa shape index (κ2) is 9.62. The average Bonchev–Trinajstić information content (AvgIpc) is 3.59. The number of carbonyl (C=O) groups is 3. The minimum absolute atomic E-state index is 0.0425. The monoisotopic (exact) mass is 476 g/mol. The molecule has 2 aromatic rings. The summed E-state index contributed by atoms with van der Waals surface area (Å²) in [4.78, 5) is 45.9. The fraction of sp³-hybridized carbons (Fsp3) is 0.385. The van der Waals surface area contributed by atoms with Crippen molar-refractivity contribution in [1.82, 2.24) is 9.80 Å². The van der Waals surface area contributed by atoms with Gasteiger partial charge in [0.05, 0.1) is 6.04 Å². The molecule has 7 nitrogen and oxygen atoms in total. The van der Waals surface area contributed by atoms with Crippen LogP contribution in [0.1, 0.15) is 53.2 Å². The normalized spacial score (nSPS) is 21.4. The molecule has 3 aliphatic rings. The molecule has 1 fully saturated rings.